The fourth-order valence-electron chi connectivity index (χ4n) is 2.51. The van der Waals surface area contributed by atoms with Gasteiger partial charge in [0.2, 0.25) is 0 Å². The van der Waals surface area contributed by atoms with Crippen LogP contribution in [0.5, 0.6) is 0 Å². The molecule has 0 bridgehead atoms. The van der Waals surface area contributed by atoms with Crippen molar-refractivity contribution in [2.75, 3.05) is 65.6 Å². The molecule has 0 atom stereocenters. The van der Waals surface area contributed by atoms with Gasteiger partial charge in [0.15, 0.2) is 0 Å². The molecular weight excluding hydrogens is 336 g/mol. The van der Waals surface area contributed by atoms with E-state index in [2.05, 4.69) is 33.6 Å². The number of ether oxygens (including phenoxy) is 2. The Morgan fingerprint density at radius 2 is 1.08 bits per heavy atom. The van der Waals surface area contributed by atoms with E-state index in [1.807, 2.05) is 0 Å². The van der Waals surface area contributed by atoms with E-state index in [4.69, 9.17) is 9.47 Å². The lowest BCUT2D eigenvalue weighted by atomic mass is 10.3. The second-order valence-electron chi connectivity index (χ2n) is 6.17. The van der Waals surface area contributed by atoms with E-state index in [9.17, 15) is 9.59 Å². The highest BCUT2D eigenvalue weighted by molar-refractivity contribution is 5.66. The van der Waals surface area contributed by atoms with Gasteiger partial charge in [0.25, 0.3) is 0 Å². The van der Waals surface area contributed by atoms with Crippen LogP contribution in [-0.2, 0) is 19.1 Å². The SMILES string of the molecule is C=C(COC(C)=O)N1CCNCCN(C(=C)COC(C)=O)CCNCC1. The average Bonchev–Trinajstić information content (AvgIpc) is 2.58. The summed E-state index contributed by atoms with van der Waals surface area (Å²) in [7, 11) is 0. The summed E-state index contributed by atoms with van der Waals surface area (Å²) >= 11 is 0. The molecule has 26 heavy (non-hydrogen) atoms. The fourth-order valence-corrected chi connectivity index (χ4v) is 2.51. The van der Waals surface area contributed by atoms with E-state index in [1.165, 1.54) is 13.8 Å². The first-order valence-corrected chi connectivity index (χ1v) is 8.93. The van der Waals surface area contributed by atoms with Crippen molar-refractivity contribution in [1.29, 1.82) is 0 Å². The minimum atomic E-state index is -0.300. The van der Waals surface area contributed by atoms with Crippen molar-refractivity contribution >= 4 is 11.9 Å². The van der Waals surface area contributed by atoms with Crippen LogP contribution in [-0.4, -0.2) is 87.3 Å². The van der Waals surface area contributed by atoms with E-state index in [0.717, 1.165) is 63.8 Å². The van der Waals surface area contributed by atoms with Gasteiger partial charge in [0.05, 0.1) is 0 Å². The number of hydrogen-bond donors (Lipinski definition) is 2. The minimum absolute atomic E-state index is 0.221. The number of rotatable bonds is 6. The molecule has 0 aromatic carbocycles. The molecule has 8 heteroatoms. The lowest BCUT2D eigenvalue weighted by molar-refractivity contribution is -0.141. The number of nitrogens with one attached hydrogen (secondary N) is 2. The third-order valence-electron chi connectivity index (χ3n) is 4.01. The van der Waals surface area contributed by atoms with Crippen LogP contribution in [0, 0.1) is 0 Å². The van der Waals surface area contributed by atoms with E-state index in [-0.39, 0.29) is 25.2 Å². The smallest absolute Gasteiger partial charge is 0.303 e. The Kier molecular flexibility index (Phi) is 10.4. The predicted molar refractivity (Wildman–Crippen MR) is 100 cm³/mol. The number of carbonyl (C=O) groups is 2. The van der Waals surface area contributed by atoms with Crippen LogP contribution in [0.4, 0.5) is 0 Å². The van der Waals surface area contributed by atoms with Gasteiger partial charge in [-0.2, -0.15) is 0 Å². The first kappa shape index (κ1) is 22.0. The van der Waals surface area contributed by atoms with Crippen LogP contribution in [0.2, 0.25) is 0 Å². The van der Waals surface area contributed by atoms with Gasteiger partial charge in [-0.05, 0) is 0 Å². The zero-order chi connectivity index (χ0) is 19.4. The third-order valence-corrected chi connectivity index (χ3v) is 4.01. The molecule has 0 radical (unpaired) electrons. The summed E-state index contributed by atoms with van der Waals surface area (Å²) in [6, 6.07) is 0. The Morgan fingerprint density at radius 1 is 0.769 bits per heavy atom. The number of hydrogen-bond acceptors (Lipinski definition) is 8. The van der Waals surface area contributed by atoms with Crippen LogP contribution in [0.25, 0.3) is 0 Å². The molecule has 0 aromatic rings. The third kappa shape index (κ3) is 9.43. The van der Waals surface area contributed by atoms with Gasteiger partial charge >= 0.3 is 11.9 Å². The van der Waals surface area contributed by atoms with Gasteiger partial charge < -0.3 is 29.9 Å². The average molecular weight is 368 g/mol. The van der Waals surface area contributed by atoms with Crippen molar-refractivity contribution in [2.45, 2.75) is 13.8 Å². The van der Waals surface area contributed by atoms with Crippen LogP contribution >= 0.6 is 0 Å². The highest BCUT2D eigenvalue weighted by atomic mass is 16.5. The van der Waals surface area contributed by atoms with E-state index < -0.39 is 0 Å². The Labute approximate surface area is 156 Å². The maximum Gasteiger partial charge on any atom is 0.303 e. The maximum atomic E-state index is 11.0. The largest absolute Gasteiger partial charge is 0.459 e. The van der Waals surface area contributed by atoms with Crippen molar-refractivity contribution in [3.8, 4) is 0 Å². The molecule has 1 aliphatic heterocycles. The molecule has 148 valence electrons. The molecule has 2 N–H and O–H groups in total. The highest BCUT2D eigenvalue weighted by Gasteiger charge is 2.12. The van der Waals surface area contributed by atoms with Crippen LogP contribution in [0.15, 0.2) is 24.6 Å². The van der Waals surface area contributed by atoms with Crippen molar-refractivity contribution < 1.29 is 19.1 Å². The van der Waals surface area contributed by atoms with Crippen LogP contribution < -0.4 is 10.6 Å². The van der Waals surface area contributed by atoms with Gasteiger partial charge in [-0.25, -0.2) is 0 Å². The molecule has 1 saturated heterocycles. The fraction of sp³-hybridized carbons (Fsp3) is 0.667. The summed E-state index contributed by atoms with van der Waals surface area (Å²) in [5, 5.41) is 6.80. The van der Waals surface area contributed by atoms with E-state index >= 15 is 0 Å². The van der Waals surface area contributed by atoms with E-state index in [1.54, 1.807) is 0 Å². The molecule has 0 saturated carbocycles. The number of esters is 2. The lowest BCUT2D eigenvalue weighted by Crippen LogP contribution is -2.43. The maximum absolute atomic E-state index is 11.0. The van der Waals surface area contributed by atoms with Gasteiger partial charge in [-0.3, -0.25) is 9.59 Å². The quantitative estimate of drug-likeness (QED) is 0.631. The van der Waals surface area contributed by atoms with Gasteiger partial charge in [0.1, 0.15) is 13.2 Å². The van der Waals surface area contributed by atoms with Crippen LogP contribution in [0.1, 0.15) is 13.8 Å². The Balaban J connectivity index is 2.46. The minimum Gasteiger partial charge on any atom is -0.459 e. The summed E-state index contributed by atoms with van der Waals surface area (Å²) in [5.74, 6) is -0.600. The molecule has 1 fully saturated rings. The molecule has 0 amide bonds. The highest BCUT2D eigenvalue weighted by Crippen LogP contribution is 2.04. The first-order chi connectivity index (χ1) is 12.4. The zero-order valence-electron chi connectivity index (χ0n) is 16.0. The molecule has 0 unspecified atom stereocenters. The monoisotopic (exact) mass is 368 g/mol. The summed E-state index contributed by atoms with van der Waals surface area (Å²) in [5.41, 5.74) is 1.61. The van der Waals surface area contributed by atoms with Gasteiger partial charge in [-0.1, -0.05) is 13.2 Å². The Bertz CT molecular complexity index is 440. The molecule has 0 spiro atoms. The Morgan fingerprint density at radius 3 is 1.35 bits per heavy atom. The second-order valence-corrected chi connectivity index (χ2v) is 6.17. The number of nitrogens with zero attached hydrogens (tertiary/aromatic N) is 2. The molecular formula is C18H32N4O4. The molecule has 1 aliphatic rings. The molecule has 1 rings (SSSR count). The standard InChI is InChI=1S/C18H32N4O4/c1-15(13-25-17(3)23)21-9-5-19-7-11-22(12-8-20-6-10-21)16(2)14-26-18(4)24/h19-20H,1-2,5-14H2,3-4H3. The molecule has 8 nitrogen and oxygen atoms in total. The van der Waals surface area contributed by atoms with Crippen LogP contribution in [0.3, 0.4) is 0 Å². The summed E-state index contributed by atoms with van der Waals surface area (Å²) in [6.45, 7) is 17.6. The van der Waals surface area contributed by atoms with Gasteiger partial charge in [0, 0.05) is 77.6 Å². The molecule has 1 heterocycles. The molecule has 0 aromatic heterocycles. The van der Waals surface area contributed by atoms with Gasteiger partial charge in [-0.15, -0.1) is 0 Å². The Hall–Kier alpha value is -2.06. The van der Waals surface area contributed by atoms with Crippen molar-refractivity contribution in [3.63, 3.8) is 0 Å². The van der Waals surface area contributed by atoms with E-state index in [0.29, 0.717) is 0 Å². The number of carbonyl (C=O) groups excluding carboxylic acids is 2. The summed E-state index contributed by atoms with van der Waals surface area (Å²) in [4.78, 5) is 26.2. The zero-order valence-corrected chi connectivity index (χ0v) is 16.0. The van der Waals surface area contributed by atoms with Crippen molar-refractivity contribution in [2.24, 2.45) is 0 Å². The van der Waals surface area contributed by atoms with Crippen molar-refractivity contribution in [1.82, 2.24) is 20.4 Å². The normalized spacial score (nSPS) is 16.8. The topological polar surface area (TPSA) is 83.1 Å². The van der Waals surface area contributed by atoms with Crippen molar-refractivity contribution in [3.05, 3.63) is 24.6 Å². The second kappa shape index (κ2) is 12.3. The lowest BCUT2D eigenvalue weighted by Gasteiger charge is -2.30. The first-order valence-electron chi connectivity index (χ1n) is 8.93. The molecule has 0 aliphatic carbocycles. The summed E-state index contributed by atoms with van der Waals surface area (Å²) < 4.78 is 10.1. The summed E-state index contributed by atoms with van der Waals surface area (Å²) in [6.07, 6.45) is 0. The predicted octanol–water partition coefficient (Wildman–Crippen LogP) is -0.0632.